The molecule has 130 valence electrons. The van der Waals surface area contributed by atoms with Crippen molar-refractivity contribution in [2.45, 2.75) is 25.9 Å². The summed E-state index contributed by atoms with van der Waals surface area (Å²) in [6.07, 6.45) is 0.0541. The molecule has 0 saturated carbocycles. The van der Waals surface area contributed by atoms with Crippen LogP contribution in [0.2, 0.25) is 0 Å². The molecule has 0 unspecified atom stereocenters. The van der Waals surface area contributed by atoms with Gasteiger partial charge in [0, 0.05) is 11.6 Å². The highest BCUT2D eigenvalue weighted by Gasteiger charge is 2.39. The van der Waals surface area contributed by atoms with Crippen LogP contribution in [0.3, 0.4) is 0 Å². The van der Waals surface area contributed by atoms with Crippen LogP contribution < -0.4 is 4.74 Å². The van der Waals surface area contributed by atoms with E-state index in [4.69, 9.17) is 9.47 Å². The van der Waals surface area contributed by atoms with Gasteiger partial charge in [-0.2, -0.15) is 0 Å². The minimum Gasteiger partial charge on any atom is -0.496 e. The maximum atomic E-state index is 13.9. The number of carbonyl (C=O) groups excluding carboxylic acids is 1. The average molecular weight is 344 g/mol. The van der Waals surface area contributed by atoms with Crippen LogP contribution in [-0.2, 0) is 9.53 Å². The fraction of sp³-hybridized carbons (Fsp3) is 0.250. The van der Waals surface area contributed by atoms with Gasteiger partial charge in [-0.15, -0.1) is 0 Å². The van der Waals surface area contributed by atoms with E-state index in [9.17, 15) is 13.6 Å². The molecule has 0 aromatic heterocycles. The van der Waals surface area contributed by atoms with Crippen LogP contribution in [-0.4, -0.2) is 18.7 Å². The molecule has 1 aliphatic heterocycles. The summed E-state index contributed by atoms with van der Waals surface area (Å²) in [4.78, 5) is 11.9. The smallest absolute Gasteiger partial charge is 0.310 e. The molecule has 5 heteroatoms. The number of hydrogen-bond acceptors (Lipinski definition) is 3. The predicted molar refractivity (Wildman–Crippen MR) is 90.2 cm³/mol. The van der Waals surface area contributed by atoms with E-state index in [1.807, 2.05) is 0 Å². The number of hydrogen-bond donors (Lipinski definition) is 0. The van der Waals surface area contributed by atoms with Crippen LogP contribution in [0, 0.1) is 11.6 Å². The number of cyclic esters (lactones) is 1. The maximum absolute atomic E-state index is 13.9. The number of benzene rings is 2. The van der Waals surface area contributed by atoms with Gasteiger partial charge in [0.05, 0.1) is 13.5 Å². The lowest BCUT2D eigenvalue weighted by atomic mass is 9.85. The minimum atomic E-state index is -0.879. The van der Waals surface area contributed by atoms with Crippen molar-refractivity contribution in [1.82, 2.24) is 0 Å². The Morgan fingerprint density at radius 1 is 1.12 bits per heavy atom. The highest BCUT2D eigenvalue weighted by molar-refractivity contribution is 5.91. The molecule has 1 aliphatic rings. The third kappa shape index (κ3) is 3.27. The Morgan fingerprint density at radius 3 is 2.32 bits per heavy atom. The summed E-state index contributed by atoms with van der Waals surface area (Å²) in [5.74, 6) is -1.20. The first kappa shape index (κ1) is 17.1. The first-order valence-corrected chi connectivity index (χ1v) is 7.87. The number of rotatable bonds is 3. The average Bonchev–Trinajstić information content (AvgIpc) is 2.80. The number of carbonyl (C=O) groups is 1. The topological polar surface area (TPSA) is 35.5 Å². The largest absolute Gasteiger partial charge is 0.496 e. The fourth-order valence-corrected chi connectivity index (χ4v) is 3.17. The van der Waals surface area contributed by atoms with Crippen molar-refractivity contribution in [1.29, 1.82) is 0 Å². The number of para-hydroxylation sites is 1. The summed E-state index contributed by atoms with van der Waals surface area (Å²) in [5.41, 5.74) is 1.31. The second-order valence-electron chi connectivity index (χ2n) is 6.37. The SMILES string of the molecule is COc1ccccc1/C(=C1\CC(=O)OC1(C)C)c1cc(F)cc(F)c1. The molecule has 0 radical (unpaired) electrons. The van der Waals surface area contributed by atoms with Gasteiger partial charge in [-0.1, -0.05) is 18.2 Å². The van der Waals surface area contributed by atoms with Crippen molar-refractivity contribution in [3.63, 3.8) is 0 Å². The van der Waals surface area contributed by atoms with Crippen LogP contribution in [0.25, 0.3) is 5.57 Å². The second kappa shape index (κ2) is 6.31. The highest BCUT2D eigenvalue weighted by Crippen LogP contribution is 2.43. The lowest BCUT2D eigenvalue weighted by Gasteiger charge is -2.23. The van der Waals surface area contributed by atoms with E-state index < -0.39 is 17.2 Å². The van der Waals surface area contributed by atoms with Crippen molar-refractivity contribution in [3.05, 3.63) is 70.8 Å². The third-order valence-corrected chi connectivity index (χ3v) is 4.25. The quantitative estimate of drug-likeness (QED) is 0.769. The van der Waals surface area contributed by atoms with Gasteiger partial charge in [0.15, 0.2) is 0 Å². The van der Waals surface area contributed by atoms with Crippen LogP contribution in [0.15, 0.2) is 48.0 Å². The van der Waals surface area contributed by atoms with Gasteiger partial charge >= 0.3 is 5.97 Å². The van der Waals surface area contributed by atoms with Gasteiger partial charge in [0.25, 0.3) is 0 Å². The van der Waals surface area contributed by atoms with Crippen molar-refractivity contribution in [3.8, 4) is 5.75 Å². The van der Waals surface area contributed by atoms with Crippen molar-refractivity contribution in [2.24, 2.45) is 0 Å². The van der Waals surface area contributed by atoms with E-state index >= 15 is 0 Å². The van der Waals surface area contributed by atoms with E-state index in [1.54, 1.807) is 38.1 Å². The van der Waals surface area contributed by atoms with Gasteiger partial charge in [0.2, 0.25) is 0 Å². The zero-order chi connectivity index (χ0) is 18.2. The van der Waals surface area contributed by atoms with E-state index in [-0.39, 0.29) is 12.4 Å². The van der Waals surface area contributed by atoms with Gasteiger partial charge < -0.3 is 9.47 Å². The number of methoxy groups -OCH3 is 1. The maximum Gasteiger partial charge on any atom is 0.310 e. The van der Waals surface area contributed by atoms with Crippen LogP contribution in [0.1, 0.15) is 31.4 Å². The monoisotopic (exact) mass is 344 g/mol. The van der Waals surface area contributed by atoms with Gasteiger partial charge in [-0.05, 0) is 48.8 Å². The molecule has 2 aromatic rings. The first-order valence-electron chi connectivity index (χ1n) is 7.87. The number of halogens is 2. The highest BCUT2D eigenvalue weighted by atomic mass is 19.1. The molecule has 1 fully saturated rings. The minimum absolute atomic E-state index is 0.0541. The summed E-state index contributed by atoms with van der Waals surface area (Å²) < 4.78 is 38.5. The molecule has 2 aromatic carbocycles. The Bertz CT molecular complexity index is 849. The zero-order valence-corrected chi connectivity index (χ0v) is 14.2. The van der Waals surface area contributed by atoms with Crippen molar-refractivity contribution < 1.29 is 23.0 Å². The van der Waals surface area contributed by atoms with Crippen LogP contribution in [0.4, 0.5) is 8.78 Å². The number of ether oxygens (including phenoxy) is 2. The fourth-order valence-electron chi connectivity index (χ4n) is 3.17. The molecule has 3 nitrogen and oxygen atoms in total. The van der Waals surface area contributed by atoms with Gasteiger partial charge in [0.1, 0.15) is 23.0 Å². The molecular weight excluding hydrogens is 326 g/mol. The summed E-state index contributed by atoms with van der Waals surface area (Å²) >= 11 is 0. The Kier molecular flexibility index (Phi) is 4.33. The molecule has 0 amide bonds. The predicted octanol–water partition coefficient (Wildman–Crippen LogP) is 4.50. The van der Waals surface area contributed by atoms with Crippen molar-refractivity contribution >= 4 is 11.5 Å². The molecule has 1 heterocycles. The van der Waals surface area contributed by atoms with E-state index in [1.165, 1.54) is 19.2 Å². The molecule has 0 N–H and O–H groups in total. The van der Waals surface area contributed by atoms with Crippen LogP contribution in [0.5, 0.6) is 5.75 Å². The van der Waals surface area contributed by atoms with Crippen LogP contribution >= 0.6 is 0 Å². The molecule has 0 aliphatic carbocycles. The van der Waals surface area contributed by atoms with E-state index in [0.717, 1.165) is 6.07 Å². The van der Waals surface area contributed by atoms with E-state index in [0.29, 0.717) is 28.0 Å². The molecular formula is C20H18F2O3. The molecule has 25 heavy (non-hydrogen) atoms. The summed E-state index contributed by atoms with van der Waals surface area (Å²) in [6.45, 7) is 3.52. The van der Waals surface area contributed by atoms with Gasteiger partial charge in [-0.3, -0.25) is 4.79 Å². The second-order valence-corrected chi connectivity index (χ2v) is 6.37. The zero-order valence-electron chi connectivity index (χ0n) is 14.2. The Morgan fingerprint density at radius 2 is 1.76 bits per heavy atom. The van der Waals surface area contributed by atoms with Crippen molar-refractivity contribution in [2.75, 3.05) is 7.11 Å². The molecule has 0 atom stereocenters. The summed E-state index contributed by atoms with van der Waals surface area (Å²) in [5, 5.41) is 0. The molecule has 3 rings (SSSR count). The lowest BCUT2D eigenvalue weighted by Crippen LogP contribution is -2.22. The third-order valence-electron chi connectivity index (χ3n) is 4.25. The first-order chi connectivity index (χ1) is 11.8. The van der Waals surface area contributed by atoms with E-state index in [2.05, 4.69) is 0 Å². The number of esters is 1. The summed E-state index contributed by atoms with van der Waals surface area (Å²) in [6, 6.07) is 10.5. The Hall–Kier alpha value is -2.69. The summed E-state index contributed by atoms with van der Waals surface area (Å²) in [7, 11) is 1.52. The standard InChI is InChI=1S/C20H18F2O3/c1-20(2)16(11-18(23)25-20)19(12-8-13(21)10-14(22)9-12)15-6-4-5-7-17(15)24-3/h4-10H,11H2,1-3H3/b19-16+. The Labute approximate surface area is 144 Å². The normalized spacial score (nSPS) is 18.0. The lowest BCUT2D eigenvalue weighted by molar-refractivity contribution is -0.145. The van der Waals surface area contributed by atoms with Gasteiger partial charge in [-0.25, -0.2) is 8.78 Å². The Balaban J connectivity index is 2.35. The molecule has 0 spiro atoms. The molecule has 0 bridgehead atoms. The molecule has 1 saturated heterocycles.